The molecule has 82 valence electrons. The highest BCUT2D eigenvalue weighted by atomic mass is 32.2. The SMILES string of the molecule is Cc1ccc2nc3c(c(N)c2c1)CCSC3. The van der Waals surface area contributed by atoms with E-state index in [-0.39, 0.29) is 0 Å². The molecule has 1 aromatic carbocycles. The number of pyridine rings is 1. The maximum Gasteiger partial charge on any atom is 0.0726 e. The zero-order valence-corrected chi connectivity index (χ0v) is 10.1. The molecule has 2 heterocycles. The molecular formula is C13H14N2S. The molecule has 1 aliphatic rings. The fraction of sp³-hybridized carbons (Fsp3) is 0.308. The van der Waals surface area contributed by atoms with E-state index >= 15 is 0 Å². The number of nitrogens with zero attached hydrogens (tertiary/aromatic N) is 1. The van der Waals surface area contributed by atoms with Gasteiger partial charge >= 0.3 is 0 Å². The minimum atomic E-state index is 0.948. The van der Waals surface area contributed by atoms with Crippen LogP contribution >= 0.6 is 11.8 Å². The van der Waals surface area contributed by atoms with Gasteiger partial charge in [0.25, 0.3) is 0 Å². The first-order valence-corrected chi connectivity index (χ1v) is 6.66. The summed E-state index contributed by atoms with van der Waals surface area (Å²) in [6.07, 6.45) is 1.06. The molecule has 0 saturated heterocycles. The summed E-state index contributed by atoms with van der Waals surface area (Å²) in [5.74, 6) is 2.17. The van der Waals surface area contributed by atoms with Crippen molar-refractivity contribution >= 4 is 28.4 Å². The second kappa shape index (κ2) is 3.67. The normalized spacial score (nSPS) is 15.1. The van der Waals surface area contributed by atoms with Gasteiger partial charge in [-0.05, 0) is 36.8 Å². The minimum absolute atomic E-state index is 0.948. The largest absolute Gasteiger partial charge is 0.398 e. The van der Waals surface area contributed by atoms with Crippen LogP contribution in [0, 0.1) is 6.92 Å². The Balaban J connectivity index is 2.35. The van der Waals surface area contributed by atoms with Crippen LogP contribution in [0.25, 0.3) is 10.9 Å². The van der Waals surface area contributed by atoms with Gasteiger partial charge in [-0.2, -0.15) is 11.8 Å². The molecule has 2 nitrogen and oxygen atoms in total. The van der Waals surface area contributed by atoms with Crippen molar-refractivity contribution < 1.29 is 0 Å². The Kier molecular flexibility index (Phi) is 2.28. The molecule has 0 saturated carbocycles. The van der Waals surface area contributed by atoms with E-state index in [2.05, 4.69) is 25.1 Å². The number of fused-ring (bicyclic) bond motifs is 2. The van der Waals surface area contributed by atoms with E-state index in [0.717, 1.165) is 34.5 Å². The van der Waals surface area contributed by atoms with Crippen LogP contribution in [0.4, 0.5) is 5.69 Å². The number of benzene rings is 1. The fourth-order valence-corrected chi connectivity index (χ4v) is 3.16. The molecule has 3 heteroatoms. The third-order valence-electron chi connectivity index (χ3n) is 3.11. The monoisotopic (exact) mass is 230 g/mol. The zero-order chi connectivity index (χ0) is 11.1. The lowest BCUT2D eigenvalue weighted by Gasteiger charge is -2.18. The number of aryl methyl sites for hydroxylation is 1. The van der Waals surface area contributed by atoms with Gasteiger partial charge in [0.2, 0.25) is 0 Å². The summed E-state index contributed by atoms with van der Waals surface area (Å²) in [6, 6.07) is 6.30. The van der Waals surface area contributed by atoms with Crippen LogP contribution in [0.1, 0.15) is 16.8 Å². The molecule has 16 heavy (non-hydrogen) atoms. The van der Waals surface area contributed by atoms with Crippen molar-refractivity contribution in [1.29, 1.82) is 0 Å². The number of nitrogen functional groups attached to an aromatic ring is 1. The summed E-state index contributed by atoms with van der Waals surface area (Å²) in [5.41, 5.74) is 11.9. The van der Waals surface area contributed by atoms with E-state index in [1.54, 1.807) is 0 Å². The first kappa shape index (κ1) is 9.97. The highest BCUT2D eigenvalue weighted by Gasteiger charge is 2.16. The average molecular weight is 230 g/mol. The van der Waals surface area contributed by atoms with Gasteiger partial charge in [-0.25, -0.2) is 0 Å². The van der Waals surface area contributed by atoms with Crippen LogP contribution < -0.4 is 5.73 Å². The Morgan fingerprint density at radius 1 is 1.38 bits per heavy atom. The Labute approximate surface area is 99.2 Å². The second-order valence-corrected chi connectivity index (χ2v) is 5.38. The van der Waals surface area contributed by atoms with Gasteiger partial charge < -0.3 is 5.73 Å². The van der Waals surface area contributed by atoms with Gasteiger partial charge in [-0.15, -0.1) is 0 Å². The van der Waals surface area contributed by atoms with E-state index in [1.165, 1.54) is 16.8 Å². The van der Waals surface area contributed by atoms with Crippen LogP contribution in [-0.2, 0) is 12.2 Å². The molecule has 0 fully saturated rings. The van der Waals surface area contributed by atoms with Gasteiger partial charge in [0.1, 0.15) is 0 Å². The average Bonchev–Trinajstić information content (AvgIpc) is 2.31. The van der Waals surface area contributed by atoms with Crippen molar-refractivity contribution in [2.75, 3.05) is 11.5 Å². The highest BCUT2D eigenvalue weighted by Crippen LogP contribution is 2.32. The lowest BCUT2D eigenvalue weighted by Crippen LogP contribution is -2.09. The standard InChI is InChI=1S/C13H14N2S/c1-8-2-3-11-10(6-8)13(14)9-4-5-16-7-12(9)15-11/h2-3,6H,4-5,7H2,1H3,(H2,14,15). The molecule has 0 unspecified atom stereocenters. The molecular weight excluding hydrogens is 216 g/mol. The Morgan fingerprint density at radius 2 is 2.25 bits per heavy atom. The second-order valence-electron chi connectivity index (χ2n) is 4.27. The van der Waals surface area contributed by atoms with Crippen LogP contribution in [0.2, 0.25) is 0 Å². The van der Waals surface area contributed by atoms with E-state index in [9.17, 15) is 0 Å². The molecule has 0 bridgehead atoms. The molecule has 0 aliphatic carbocycles. The number of thioether (sulfide) groups is 1. The number of rotatable bonds is 0. The summed E-state index contributed by atoms with van der Waals surface area (Å²) in [7, 11) is 0. The van der Waals surface area contributed by atoms with Crippen LogP contribution in [0.5, 0.6) is 0 Å². The smallest absolute Gasteiger partial charge is 0.0726 e. The highest BCUT2D eigenvalue weighted by molar-refractivity contribution is 7.98. The van der Waals surface area contributed by atoms with E-state index in [0.29, 0.717) is 0 Å². The third-order valence-corrected chi connectivity index (χ3v) is 4.08. The van der Waals surface area contributed by atoms with Crippen molar-refractivity contribution in [1.82, 2.24) is 4.98 Å². The number of hydrogen-bond donors (Lipinski definition) is 1. The number of hydrogen-bond acceptors (Lipinski definition) is 3. The van der Waals surface area contributed by atoms with Crippen molar-refractivity contribution in [3.05, 3.63) is 35.0 Å². The molecule has 0 spiro atoms. The quantitative estimate of drug-likeness (QED) is 0.756. The van der Waals surface area contributed by atoms with Crippen molar-refractivity contribution in [2.24, 2.45) is 0 Å². The van der Waals surface area contributed by atoms with Gasteiger partial charge in [-0.1, -0.05) is 11.6 Å². The number of anilines is 1. The van der Waals surface area contributed by atoms with E-state index in [4.69, 9.17) is 10.7 Å². The van der Waals surface area contributed by atoms with Gasteiger partial charge in [0.15, 0.2) is 0 Å². The predicted molar refractivity (Wildman–Crippen MR) is 70.8 cm³/mol. The molecule has 1 aromatic heterocycles. The molecule has 2 aromatic rings. The Hall–Kier alpha value is -1.22. The summed E-state index contributed by atoms with van der Waals surface area (Å²) in [6.45, 7) is 2.09. The Morgan fingerprint density at radius 3 is 3.12 bits per heavy atom. The van der Waals surface area contributed by atoms with Crippen LogP contribution in [0.3, 0.4) is 0 Å². The van der Waals surface area contributed by atoms with E-state index in [1.807, 2.05) is 11.8 Å². The number of aromatic nitrogens is 1. The zero-order valence-electron chi connectivity index (χ0n) is 9.29. The van der Waals surface area contributed by atoms with Gasteiger partial charge in [0.05, 0.1) is 11.2 Å². The summed E-state index contributed by atoms with van der Waals surface area (Å²) < 4.78 is 0. The molecule has 1 aliphatic heterocycles. The Bertz CT molecular complexity index is 563. The summed E-state index contributed by atoms with van der Waals surface area (Å²) in [5, 5.41) is 1.12. The first-order valence-electron chi connectivity index (χ1n) is 5.51. The molecule has 3 rings (SSSR count). The van der Waals surface area contributed by atoms with E-state index < -0.39 is 0 Å². The minimum Gasteiger partial charge on any atom is -0.398 e. The van der Waals surface area contributed by atoms with Crippen molar-refractivity contribution in [2.45, 2.75) is 19.1 Å². The maximum absolute atomic E-state index is 6.26. The topological polar surface area (TPSA) is 38.9 Å². The van der Waals surface area contributed by atoms with Crippen LogP contribution in [0.15, 0.2) is 18.2 Å². The van der Waals surface area contributed by atoms with Gasteiger partial charge in [0, 0.05) is 16.8 Å². The first-order chi connectivity index (χ1) is 7.75. The molecule has 0 atom stereocenters. The predicted octanol–water partition coefficient (Wildman–Crippen LogP) is 2.91. The lowest BCUT2D eigenvalue weighted by molar-refractivity contribution is 1.04. The van der Waals surface area contributed by atoms with Crippen molar-refractivity contribution in [3.63, 3.8) is 0 Å². The van der Waals surface area contributed by atoms with Crippen LogP contribution in [-0.4, -0.2) is 10.7 Å². The maximum atomic E-state index is 6.26. The molecule has 2 N–H and O–H groups in total. The lowest BCUT2D eigenvalue weighted by atomic mass is 10.0. The fourth-order valence-electron chi connectivity index (χ4n) is 2.24. The summed E-state index contributed by atoms with van der Waals surface area (Å²) >= 11 is 1.94. The molecule has 0 radical (unpaired) electrons. The molecule has 0 amide bonds. The third kappa shape index (κ3) is 1.47. The number of nitrogens with two attached hydrogens (primary N) is 1. The van der Waals surface area contributed by atoms with Gasteiger partial charge in [-0.3, -0.25) is 4.98 Å². The summed E-state index contributed by atoms with van der Waals surface area (Å²) in [4.78, 5) is 4.72. The van der Waals surface area contributed by atoms with Crippen molar-refractivity contribution in [3.8, 4) is 0 Å².